The summed E-state index contributed by atoms with van der Waals surface area (Å²) >= 11 is 0. The van der Waals surface area contributed by atoms with Crippen LogP contribution in [0.15, 0.2) is 0 Å². The van der Waals surface area contributed by atoms with Crippen LogP contribution >= 0.6 is 0 Å². The first-order valence-corrected chi connectivity index (χ1v) is 8.37. The third-order valence-corrected chi connectivity index (χ3v) is 4.35. The molecule has 0 N–H and O–H groups in total. The van der Waals surface area contributed by atoms with Crippen molar-refractivity contribution in [1.29, 1.82) is 5.26 Å². The Morgan fingerprint density at radius 3 is 2.58 bits per heavy atom. The Balaban J connectivity index is 2.73. The molecule has 0 saturated carbocycles. The van der Waals surface area contributed by atoms with Crippen molar-refractivity contribution in [2.75, 3.05) is 13.7 Å². The number of likely N-dealkylation sites (tertiary alicyclic amines) is 1. The number of amides is 1. The van der Waals surface area contributed by atoms with Crippen LogP contribution in [0.25, 0.3) is 0 Å². The molecule has 135 valence electrons. The fraction of sp³-hybridized carbons (Fsp3) is 0.778. The summed E-state index contributed by atoms with van der Waals surface area (Å²) in [5.41, 5.74) is -1.14. The minimum absolute atomic E-state index is 0.0973. The van der Waals surface area contributed by atoms with Gasteiger partial charge in [0.25, 0.3) is 0 Å². The molecule has 1 aliphatic rings. The number of esters is 1. The highest BCUT2D eigenvalue weighted by Gasteiger charge is 2.36. The number of methoxy groups -OCH3 is 1. The molecule has 2 atom stereocenters. The molecule has 1 amide bonds. The van der Waals surface area contributed by atoms with Gasteiger partial charge in [0, 0.05) is 39.8 Å². The van der Waals surface area contributed by atoms with Gasteiger partial charge in [-0.2, -0.15) is 5.26 Å². The van der Waals surface area contributed by atoms with Gasteiger partial charge in [0.15, 0.2) is 0 Å². The maximum atomic E-state index is 11.7. The van der Waals surface area contributed by atoms with Gasteiger partial charge in [-0.25, -0.2) is 0 Å². The molecule has 6 nitrogen and oxygen atoms in total. The van der Waals surface area contributed by atoms with Crippen molar-refractivity contribution in [2.24, 2.45) is 5.41 Å². The molecule has 1 saturated heterocycles. The summed E-state index contributed by atoms with van der Waals surface area (Å²) in [6.45, 7) is 9.57. The smallest absolute Gasteiger partial charge is 0.302 e. The van der Waals surface area contributed by atoms with Crippen molar-refractivity contribution in [2.45, 2.75) is 71.5 Å². The quantitative estimate of drug-likeness (QED) is 0.604. The van der Waals surface area contributed by atoms with Crippen molar-refractivity contribution < 1.29 is 19.1 Å². The van der Waals surface area contributed by atoms with Gasteiger partial charge >= 0.3 is 5.97 Å². The summed E-state index contributed by atoms with van der Waals surface area (Å²) in [7, 11) is 1.62. The average molecular weight is 337 g/mol. The van der Waals surface area contributed by atoms with E-state index in [0.29, 0.717) is 32.2 Å². The van der Waals surface area contributed by atoms with Gasteiger partial charge in [0.2, 0.25) is 5.91 Å². The predicted molar refractivity (Wildman–Crippen MR) is 89.5 cm³/mol. The van der Waals surface area contributed by atoms with E-state index < -0.39 is 17.1 Å². The Morgan fingerprint density at radius 1 is 1.46 bits per heavy atom. The van der Waals surface area contributed by atoms with E-state index in [4.69, 9.17) is 9.47 Å². The van der Waals surface area contributed by atoms with Crippen LogP contribution < -0.4 is 0 Å². The molecule has 0 aliphatic carbocycles. The zero-order valence-electron chi connectivity index (χ0n) is 15.4. The molecule has 2 unspecified atom stereocenters. The third kappa shape index (κ3) is 6.48. The second-order valence-electron chi connectivity index (χ2n) is 7.36. The average Bonchev–Trinajstić information content (AvgIpc) is 2.89. The largest absolute Gasteiger partial charge is 0.462 e. The highest BCUT2D eigenvalue weighted by atomic mass is 16.5. The summed E-state index contributed by atoms with van der Waals surface area (Å²) < 4.78 is 10.8. The third-order valence-electron chi connectivity index (χ3n) is 4.35. The number of nitrogens with zero attached hydrogens (tertiary/aromatic N) is 2. The SMILES string of the molecule is COC(C)(C)CC(C)(C#N)CC(C[CH]N1CCCC1=O)OC(C)=O. The second-order valence-corrected chi connectivity index (χ2v) is 7.36. The number of nitriles is 1. The molecule has 1 radical (unpaired) electrons. The lowest BCUT2D eigenvalue weighted by atomic mass is 9.76. The van der Waals surface area contributed by atoms with Crippen molar-refractivity contribution >= 4 is 11.9 Å². The maximum absolute atomic E-state index is 11.7. The van der Waals surface area contributed by atoms with Crippen LogP contribution in [0, 0.1) is 23.3 Å². The highest BCUT2D eigenvalue weighted by Crippen LogP contribution is 2.35. The van der Waals surface area contributed by atoms with E-state index >= 15 is 0 Å². The Labute approximate surface area is 145 Å². The Kier molecular flexibility index (Phi) is 7.22. The van der Waals surface area contributed by atoms with Crippen LogP contribution in [0.5, 0.6) is 0 Å². The van der Waals surface area contributed by atoms with Gasteiger partial charge in [0.05, 0.1) is 23.6 Å². The number of rotatable bonds is 9. The summed E-state index contributed by atoms with van der Waals surface area (Å²) in [6.07, 6.45) is 2.32. The zero-order valence-corrected chi connectivity index (χ0v) is 15.4. The molecular formula is C18H29N2O4. The van der Waals surface area contributed by atoms with E-state index in [1.165, 1.54) is 6.92 Å². The van der Waals surface area contributed by atoms with Gasteiger partial charge in [-0.15, -0.1) is 0 Å². The topological polar surface area (TPSA) is 79.6 Å². The fourth-order valence-electron chi connectivity index (χ4n) is 3.19. The highest BCUT2D eigenvalue weighted by molar-refractivity contribution is 5.78. The fourth-order valence-corrected chi connectivity index (χ4v) is 3.19. The summed E-state index contributed by atoms with van der Waals surface area (Å²) in [5, 5.41) is 9.63. The van der Waals surface area contributed by atoms with Crippen LogP contribution in [0.2, 0.25) is 0 Å². The van der Waals surface area contributed by atoms with Gasteiger partial charge in [0.1, 0.15) is 6.10 Å². The summed E-state index contributed by atoms with van der Waals surface area (Å²) in [6, 6.07) is 2.34. The number of hydrogen-bond donors (Lipinski definition) is 0. The van der Waals surface area contributed by atoms with Crippen LogP contribution in [-0.2, 0) is 19.1 Å². The van der Waals surface area contributed by atoms with E-state index in [1.807, 2.05) is 20.8 Å². The molecule has 0 spiro atoms. The van der Waals surface area contributed by atoms with Crippen LogP contribution in [0.3, 0.4) is 0 Å². The van der Waals surface area contributed by atoms with Crippen molar-refractivity contribution in [3.05, 3.63) is 6.54 Å². The number of ether oxygens (including phenoxy) is 2. The normalized spacial score (nSPS) is 18.8. The monoisotopic (exact) mass is 337 g/mol. The first-order chi connectivity index (χ1) is 11.1. The Hall–Kier alpha value is -1.61. The van der Waals surface area contributed by atoms with E-state index in [9.17, 15) is 14.9 Å². The number of carbonyl (C=O) groups is 2. The molecule has 0 aromatic heterocycles. The van der Waals surface area contributed by atoms with Crippen molar-refractivity contribution in [1.82, 2.24) is 4.90 Å². The lowest BCUT2D eigenvalue weighted by Gasteiger charge is -2.34. The number of carbonyl (C=O) groups excluding carboxylic acids is 2. The minimum atomic E-state index is -0.692. The predicted octanol–water partition coefficient (Wildman–Crippen LogP) is 2.83. The Bertz CT molecular complexity index is 498. The molecule has 1 heterocycles. The van der Waals surface area contributed by atoms with Gasteiger partial charge in [-0.3, -0.25) is 9.59 Å². The molecular weight excluding hydrogens is 308 g/mol. The lowest BCUT2D eigenvalue weighted by Crippen LogP contribution is -2.35. The van der Waals surface area contributed by atoms with Gasteiger partial charge in [-0.1, -0.05) is 0 Å². The van der Waals surface area contributed by atoms with Crippen molar-refractivity contribution in [3.63, 3.8) is 0 Å². The molecule has 1 fully saturated rings. The first-order valence-electron chi connectivity index (χ1n) is 8.37. The summed E-state index contributed by atoms with van der Waals surface area (Å²) in [4.78, 5) is 24.8. The maximum Gasteiger partial charge on any atom is 0.302 e. The molecule has 0 bridgehead atoms. The van der Waals surface area contributed by atoms with E-state index in [2.05, 4.69) is 6.07 Å². The van der Waals surface area contributed by atoms with Crippen LogP contribution in [-0.4, -0.2) is 42.1 Å². The standard InChI is InChI=1S/C18H29N2O4/c1-14(21)24-15(8-10-20-9-6-7-16(20)22)11-18(4,13-19)12-17(2,3)23-5/h10,15H,6-9,11-12H2,1-5H3. The lowest BCUT2D eigenvalue weighted by molar-refractivity contribution is -0.148. The van der Waals surface area contributed by atoms with Crippen molar-refractivity contribution in [3.8, 4) is 6.07 Å². The van der Waals surface area contributed by atoms with E-state index in [1.54, 1.807) is 18.6 Å². The Morgan fingerprint density at radius 2 is 2.12 bits per heavy atom. The summed E-state index contributed by atoms with van der Waals surface area (Å²) in [5.74, 6) is -0.285. The molecule has 24 heavy (non-hydrogen) atoms. The zero-order chi connectivity index (χ0) is 18.4. The molecule has 6 heteroatoms. The van der Waals surface area contributed by atoms with E-state index in [0.717, 1.165) is 6.42 Å². The van der Waals surface area contributed by atoms with Crippen LogP contribution in [0.1, 0.15) is 59.8 Å². The second kappa shape index (κ2) is 8.48. The van der Waals surface area contributed by atoms with E-state index in [-0.39, 0.29) is 11.9 Å². The number of hydrogen-bond acceptors (Lipinski definition) is 5. The molecule has 1 rings (SSSR count). The molecule has 0 aromatic carbocycles. The molecule has 0 aromatic rings. The first kappa shape index (κ1) is 20.4. The van der Waals surface area contributed by atoms with Gasteiger partial charge < -0.3 is 14.4 Å². The van der Waals surface area contributed by atoms with Gasteiger partial charge in [-0.05, 0) is 33.6 Å². The minimum Gasteiger partial charge on any atom is -0.462 e. The molecule has 1 aliphatic heterocycles. The van der Waals surface area contributed by atoms with Crippen LogP contribution in [0.4, 0.5) is 0 Å².